The molecule has 0 aromatic carbocycles. The second-order valence-corrected chi connectivity index (χ2v) is 5.63. The molecular weight excluding hydrogens is 294 g/mol. The molecule has 11 nitrogen and oxygen atoms in total. The van der Waals surface area contributed by atoms with Crippen LogP contribution in [0.4, 0.5) is 0 Å². The average molecular weight is 311 g/mol. The molecule has 11 heteroatoms. The first-order valence-electron chi connectivity index (χ1n) is 6.56. The van der Waals surface area contributed by atoms with Gasteiger partial charge in [-0.1, -0.05) is 6.92 Å². The third kappa shape index (κ3) is 2.72. The highest BCUT2D eigenvalue weighted by Gasteiger charge is 2.52. The highest BCUT2D eigenvalue weighted by Crippen LogP contribution is 2.41. The van der Waals surface area contributed by atoms with E-state index < -0.39 is 11.1 Å². The van der Waals surface area contributed by atoms with Gasteiger partial charge in [0.15, 0.2) is 5.84 Å². The van der Waals surface area contributed by atoms with Crippen LogP contribution in [0.25, 0.3) is 0 Å². The number of hydrogen-bond acceptors (Lipinski definition) is 10. The van der Waals surface area contributed by atoms with E-state index in [2.05, 4.69) is 40.7 Å². The molecule has 2 aliphatic rings. The van der Waals surface area contributed by atoms with E-state index in [4.69, 9.17) is 15.9 Å². The molecule has 2 aliphatic heterocycles. The van der Waals surface area contributed by atoms with Gasteiger partial charge in [-0.15, -0.1) is 10.2 Å². The van der Waals surface area contributed by atoms with E-state index in [0.717, 1.165) is 0 Å². The smallest absolute Gasteiger partial charge is 0.160 e. The fourth-order valence-electron chi connectivity index (χ4n) is 2.71. The van der Waals surface area contributed by atoms with E-state index in [-0.39, 0.29) is 18.2 Å². The Morgan fingerprint density at radius 2 is 1.86 bits per heavy atom. The van der Waals surface area contributed by atoms with Crippen LogP contribution < -0.4 is 0 Å². The molecule has 2 rings (SSSR count). The first kappa shape index (κ1) is 16.1. The number of amidine groups is 2. The minimum atomic E-state index is -1.00. The van der Waals surface area contributed by atoms with E-state index in [1.54, 1.807) is 13.8 Å². The van der Waals surface area contributed by atoms with Crippen molar-refractivity contribution in [1.29, 1.82) is 5.41 Å². The lowest BCUT2D eigenvalue weighted by Crippen LogP contribution is -2.53. The van der Waals surface area contributed by atoms with Crippen LogP contribution >= 0.6 is 0 Å². The fourth-order valence-corrected chi connectivity index (χ4v) is 2.71. The minimum Gasteiger partial charge on any atom is -0.286 e. The van der Waals surface area contributed by atoms with Crippen LogP contribution in [0.3, 0.4) is 0 Å². The van der Waals surface area contributed by atoms with Crippen molar-refractivity contribution in [2.45, 2.75) is 44.7 Å². The molecule has 0 aromatic heterocycles. The molecule has 3 N–H and O–H groups in total. The van der Waals surface area contributed by atoms with Gasteiger partial charge < -0.3 is 0 Å². The third-order valence-electron chi connectivity index (χ3n) is 4.01. The molecule has 0 aliphatic carbocycles. The van der Waals surface area contributed by atoms with Crippen LogP contribution in [0.5, 0.6) is 0 Å². The van der Waals surface area contributed by atoms with Gasteiger partial charge in [0.2, 0.25) is 0 Å². The Morgan fingerprint density at radius 1 is 1.23 bits per heavy atom. The average Bonchev–Trinajstić information content (AvgIpc) is 2.47. The Labute approximate surface area is 125 Å². The summed E-state index contributed by atoms with van der Waals surface area (Å²) in [5.74, 6) is 0.336. The van der Waals surface area contributed by atoms with Crippen LogP contribution in [-0.4, -0.2) is 39.0 Å². The number of rotatable bonds is 4. The second-order valence-electron chi connectivity index (χ2n) is 5.63. The van der Waals surface area contributed by atoms with Crippen LogP contribution in [0.2, 0.25) is 0 Å². The minimum absolute atomic E-state index is 0.176. The normalized spacial score (nSPS) is 35.3. The van der Waals surface area contributed by atoms with Gasteiger partial charge in [0.25, 0.3) is 0 Å². The van der Waals surface area contributed by atoms with Crippen LogP contribution in [-0.2, 0) is 9.98 Å². The summed E-state index contributed by atoms with van der Waals surface area (Å²) >= 11 is 0. The summed E-state index contributed by atoms with van der Waals surface area (Å²) in [7, 11) is 0. The molecule has 0 amide bonds. The van der Waals surface area contributed by atoms with E-state index in [1.165, 1.54) is 0 Å². The summed E-state index contributed by atoms with van der Waals surface area (Å²) in [6.07, 6.45) is 0.672. The molecule has 0 aromatic rings. The zero-order valence-corrected chi connectivity index (χ0v) is 12.4. The monoisotopic (exact) mass is 311 g/mol. The number of nitrogens with zero attached hydrogens (tertiary/aromatic N) is 6. The molecule has 0 spiro atoms. The standard InChI is InChI=1S/C11H17N7O4/c1-6-4-11(16-18-22-20)5-10(3,15-17-21-19)7(2)13-9(11)14-8(6)12/h6,12,19-20H,4-5H2,1-3H3. The number of fused-ring (bicyclic) bond motifs is 1. The summed E-state index contributed by atoms with van der Waals surface area (Å²) < 4.78 is 0. The molecule has 0 fully saturated rings. The van der Waals surface area contributed by atoms with Crippen LogP contribution in [0.15, 0.2) is 30.8 Å². The van der Waals surface area contributed by atoms with Gasteiger partial charge in [0, 0.05) is 18.1 Å². The van der Waals surface area contributed by atoms with E-state index in [1.807, 2.05) is 6.92 Å². The lowest BCUT2D eigenvalue weighted by molar-refractivity contribution is -0.253. The van der Waals surface area contributed by atoms with Crippen molar-refractivity contribution in [3.05, 3.63) is 0 Å². The third-order valence-corrected chi connectivity index (χ3v) is 4.01. The Hall–Kier alpha value is -2.27. The number of nitrogens with one attached hydrogen (secondary N) is 1. The van der Waals surface area contributed by atoms with E-state index >= 15 is 0 Å². The molecule has 0 saturated heterocycles. The molecule has 0 bridgehead atoms. The summed E-state index contributed by atoms with van der Waals surface area (Å²) in [6, 6.07) is 0. The molecule has 120 valence electrons. The Balaban J connectivity index is 2.54. The van der Waals surface area contributed by atoms with Gasteiger partial charge in [-0.05, 0) is 20.3 Å². The first-order chi connectivity index (χ1) is 10.4. The molecular formula is C11H17N7O4. The van der Waals surface area contributed by atoms with Gasteiger partial charge in [0.05, 0.1) is 10.6 Å². The molecule has 2 heterocycles. The highest BCUT2D eigenvalue weighted by molar-refractivity contribution is 6.13. The maximum Gasteiger partial charge on any atom is 0.160 e. The quantitative estimate of drug-likeness (QED) is 0.414. The van der Waals surface area contributed by atoms with Crippen molar-refractivity contribution in [2.24, 2.45) is 36.7 Å². The SMILES string of the molecule is CC1=NC2=NC(=N)C(C)CC2(N=NOO)CC1(C)N=NOO. The van der Waals surface area contributed by atoms with Crippen molar-refractivity contribution in [3.8, 4) is 0 Å². The largest absolute Gasteiger partial charge is 0.286 e. The number of aliphatic imine (C=N–C) groups is 2. The maximum absolute atomic E-state index is 8.45. The Morgan fingerprint density at radius 3 is 2.50 bits per heavy atom. The summed E-state index contributed by atoms with van der Waals surface area (Å²) in [4.78, 5) is 15.9. The fraction of sp³-hybridized carbons (Fsp3) is 0.727. The van der Waals surface area contributed by atoms with Gasteiger partial charge in [-0.3, -0.25) is 5.41 Å². The van der Waals surface area contributed by atoms with Crippen molar-refractivity contribution in [1.82, 2.24) is 0 Å². The van der Waals surface area contributed by atoms with E-state index in [0.29, 0.717) is 18.0 Å². The first-order valence-corrected chi connectivity index (χ1v) is 6.56. The lowest BCUT2D eigenvalue weighted by atomic mass is 9.72. The predicted octanol–water partition coefficient (Wildman–Crippen LogP) is 2.48. The molecule has 22 heavy (non-hydrogen) atoms. The van der Waals surface area contributed by atoms with E-state index in [9.17, 15) is 0 Å². The van der Waals surface area contributed by atoms with Gasteiger partial charge >= 0.3 is 0 Å². The lowest BCUT2D eigenvalue weighted by Gasteiger charge is -2.41. The zero-order valence-electron chi connectivity index (χ0n) is 12.4. The Kier molecular flexibility index (Phi) is 4.28. The van der Waals surface area contributed by atoms with Gasteiger partial charge in [-0.25, -0.2) is 20.0 Å². The van der Waals surface area contributed by atoms with Crippen molar-refractivity contribution in [3.63, 3.8) is 0 Å². The summed E-state index contributed by atoms with van der Waals surface area (Å²) in [5, 5.41) is 38.9. The van der Waals surface area contributed by atoms with Gasteiger partial charge in [-0.2, -0.15) is 10.5 Å². The summed E-state index contributed by atoms with van der Waals surface area (Å²) in [5.41, 5.74) is -1.34. The zero-order chi connectivity index (χ0) is 16.4. The van der Waals surface area contributed by atoms with Crippen molar-refractivity contribution in [2.75, 3.05) is 0 Å². The van der Waals surface area contributed by atoms with Gasteiger partial charge in [0.1, 0.15) is 16.9 Å². The summed E-state index contributed by atoms with van der Waals surface area (Å²) in [6.45, 7) is 5.30. The second kappa shape index (κ2) is 5.85. The number of hydrogen-bond donors (Lipinski definition) is 3. The van der Waals surface area contributed by atoms with Crippen LogP contribution in [0, 0.1) is 11.3 Å². The molecule has 3 atom stereocenters. The topological polar surface area (TPSA) is 157 Å². The molecule has 3 unspecified atom stereocenters. The Bertz CT molecular complexity index is 587. The van der Waals surface area contributed by atoms with Crippen molar-refractivity contribution >= 4 is 17.4 Å². The molecule has 0 saturated carbocycles. The van der Waals surface area contributed by atoms with Crippen molar-refractivity contribution < 1.29 is 20.5 Å². The molecule has 0 radical (unpaired) electrons. The highest BCUT2D eigenvalue weighted by atomic mass is 17.2. The van der Waals surface area contributed by atoms with Crippen LogP contribution in [0.1, 0.15) is 33.6 Å². The maximum atomic E-state index is 8.45. The predicted molar refractivity (Wildman–Crippen MR) is 74.9 cm³/mol.